The number of rotatable bonds is 4. The van der Waals surface area contributed by atoms with Crippen molar-refractivity contribution in [2.45, 2.75) is 59.9 Å². The predicted molar refractivity (Wildman–Crippen MR) is 106 cm³/mol. The molecular weight excluding hydrogens is 340 g/mol. The third-order valence-electron chi connectivity index (χ3n) is 5.15. The lowest BCUT2D eigenvalue weighted by molar-refractivity contribution is 0.0712. The Labute approximate surface area is 158 Å². The van der Waals surface area contributed by atoms with E-state index < -0.39 is 14.5 Å². The van der Waals surface area contributed by atoms with Gasteiger partial charge in [0.25, 0.3) is 0 Å². The molecule has 5 heteroatoms. The van der Waals surface area contributed by atoms with Gasteiger partial charge in [0.2, 0.25) is 9.04 Å². The van der Waals surface area contributed by atoms with E-state index in [1.54, 1.807) is 0 Å². The van der Waals surface area contributed by atoms with E-state index in [9.17, 15) is 4.79 Å². The molecule has 1 aromatic carbocycles. The van der Waals surface area contributed by atoms with E-state index >= 15 is 0 Å². The summed E-state index contributed by atoms with van der Waals surface area (Å²) in [4.78, 5) is 17.5. The first-order valence-electron chi connectivity index (χ1n) is 9.17. The zero-order chi connectivity index (χ0) is 19.3. The molecular formula is C21H29N2O2Si. The van der Waals surface area contributed by atoms with Crippen molar-refractivity contribution in [3.63, 3.8) is 0 Å². The van der Waals surface area contributed by atoms with Crippen LogP contribution in [0.25, 0.3) is 0 Å². The molecule has 3 rings (SSSR count). The normalized spacial score (nSPS) is 20.5. The maximum atomic E-state index is 13.0. The van der Waals surface area contributed by atoms with Crippen LogP contribution < -0.4 is 0 Å². The minimum absolute atomic E-state index is 0.0625. The Kier molecular flexibility index (Phi) is 4.74. The summed E-state index contributed by atoms with van der Waals surface area (Å²) in [5.74, 6) is 0.196. The van der Waals surface area contributed by atoms with E-state index in [0.29, 0.717) is 0 Å². The van der Waals surface area contributed by atoms with Gasteiger partial charge in [-0.3, -0.25) is 4.79 Å². The van der Waals surface area contributed by atoms with Crippen LogP contribution in [0.2, 0.25) is 13.1 Å². The molecule has 1 aliphatic carbocycles. The average Bonchev–Trinajstić information content (AvgIpc) is 3.06. The van der Waals surface area contributed by atoms with E-state index in [4.69, 9.17) is 4.43 Å². The maximum Gasteiger partial charge on any atom is 0.205 e. The number of carbonyl (C=O) groups excluding carboxylic acids is 1. The smallest absolute Gasteiger partial charge is 0.205 e. The molecule has 0 aliphatic heterocycles. The van der Waals surface area contributed by atoms with Gasteiger partial charge >= 0.3 is 0 Å². The molecule has 1 radical (unpaired) electrons. The van der Waals surface area contributed by atoms with Gasteiger partial charge in [-0.25, -0.2) is 4.98 Å². The number of Topliss-reactive ketones (excluding diaryl/α,β-unsaturated/α-hetero) is 1. The van der Waals surface area contributed by atoms with Crippen LogP contribution >= 0.6 is 0 Å². The van der Waals surface area contributed by atoms with Gasteiger partial charge in [0.1, 0.15) is 0 Å². The van der Waals surface area contributed by atoms with Crippen molar-refractivity contribution < 1.29 is 9.22 Å². The summed E-state index contributed by atoms with van der Waals surface area (Å²) in [5.41, 5.74) is 2.37. The third-order valence-corrected chi connectivity index (χ3v) is 5.86. The zero-order valence-electron chi connectivity index (χ0n) is 16.8. The molecule has 0 N–H and O–H groups in total. The summed E-state index contributed by atoms with van der Waals surface area (Å²) in [6, 6.07) is 7.88. The molecule has 0 saturated heterocycles. The summed E-state index contributed by atoms with van der Waals surface area (Å²) < 4.78 is 8.57. The van der Waals surface area contributed by atoms with Crippen LogP contribution in [-0.4, -0.2) is 24.4 Å². The molecule has 26 heavy (non-hydrogen) atoms. The first kappa shape index (κ1) is 19.0. The number of ketones is 1. The maximum absolute atomic E-state index is 13.0. The van der Waals surface area contributed by atoms with Crippen LogP contribution in [0.5, 0.6) is 0 Å². The monoisotopic (exact) mass is 369 g/mol. The lowest BCUT2D eigenvalue weighted by atomic mass is 9.83. The fraction of sp³-hybridized carbons (Fsp3) is 0.524. The van der Waals surface area contributed by atoms with Gasteiger partial charge in [0.15, 0.2) is 5.78 Å². The highest BCUT2D eigenvalue weighted by Gasteiger charge is 2.48. The third kappa shape index (κ3) is 3.07. The van der Waals surface area contributed by atoms with Crippen LogP contribution in [0.4, 0.5) is 0 Å². The highest BCUT2D eigenvalue weighted by Crippen LogP contribution is 2.49. The number of hydrogen-bond donors (Lipinski definition) is 0. The standard InChI is InChI=1S/C21H29N2O2Si/c1-20(2,3)19(25-26(6)7)16-12-22-13-23(16)17-14-10-8-9-11-15(14)18(24)21(17,4)5/h8-13,17,19H,1-7H3. The summed E-state index contributed by atoms with van der Waals surface area (Å²) in [7, 11) is -0.888. The van der Waals surface area contributed by atoms with Crippen molar-refractivity contribution in [3.05, 3.63) is 53.6 Å². The predicted octanol–water partition coefficient (Wildman–Crippen LogP) is 5.05. The SMILES string of the molecule is C[Si](C)OC(c1cncn1C1c2ccccc2C(=O)C1(C)C)C(C)(C)C. The van der Waals surface area contributed by atoms with Crippen LogP contribution in [-0.2, 0) is 4.43 Å². The van der Waals surface area contributed by atoms with Crippen molar-refractivity contribution in [1.82, 2.24) is 9.55 Å². The van der Waals surface area contributed by atoms with E-state index in [-0.39, 0.29) is 23.3 Å². The van der Waals surface area contributed by atoms with E-state index in [1.807, 2.05) is 44.6 Å². The second kappa shape index (κ2) is 6.46. The fourth-order valence-electron chi connectivity index (χ4n) is 3.95. The molecule has 2 aromatic rings. The second-order valence-corrected chi connectivity index (χ2v) is 11.1. The lowest BCUT2D eigenvalue weighted by Crippen LogP contribution is -2.33. The van der Waals surface area contributed by atoms with E-state index in [0.717, 1.165) is 16.8 Å². The molecule has 1 heterocycles. The molecule has 0 amide bonds. The fourth-order valence-corrected chi connectivity index (χ4v) is 4.90. The topological polar surface area (TPSA) is 44.1 Å². The van der Waals surface area contributed by atoms with Crippen LogP contribution in [0, 0.1) is 10.8 Å². The van der Waals surface area contributed by atoms with Gasteiger partial charge in [0.05, 0.1) is 35.8 Å². The van der Waals surface area contributed by atoms with Crippen molar-refractivity contribution in [1.29, 1.82) is 0 Å². The molecule has 0 spiro atoms. The highest BCUT2D eigenvalue weighted by molar-refractivity contribution is 6.48. The molecule has 1 aliphatic rings. The molecule has 2 atom stereocenters. The Morgan fingerprint density at radius 3 is 2.50 bits per heavy atom. The van der Waals surface area contributed by atoms with Crippen LogP contribution in [0.1, 0.15) is 68.4 Å². The Morgan fingerprint density at radius 1 is 1.23 bits per heavy atom. The number of imidazole rings is 1. The first-order chi connectivity index (χ1) is 12.0. The summed E-state index contributed by atoms with van der Waals surface area (Å²) in [6.07, 6.45) is 3.70. The number of aromatic nitrogens is 2. The van der Waals surface area contributed by atoms with Gasteiger partial charge in [-0.1, -0.05) is 58.9 Å². The number of carbonyl (C=O) groups is 1. The van der Waals surface area contributed by atoms with Gasteiger partial charge in [-0.05, 0) is 24.1 Å². The van der Waals surface area contributed by atoms with Crippen molar-refractivity contribution in [3.8, 4) is 0 Å². The van der Waals surface area contributed by atoms with Gasteiger partial charge in [-0.2, -0.15) is 0 Å². The first-order valence-corrected chi connectivity index (χ1v) is 11.6. The molecule has 0 fully saturated rings. The number of nitrogens with zero attached hydrogens (tertiary/aromatic N) is 2. The van der Waals surface area contributed by atoms with E-state index in [2.05, 4.69) is 49.5 Å². The van der Waals surface area contributed by atoms with Crippen molar-refractivity contribution in [2.75, 3.05) is 0 Å². The van der Waals surface area contributed by atoms with Crippen molar-refractivity contribution in [2.24, 2.45) is 10.8 Å². The Morgan fingerprint density at radius 2 is 1.88 bits per heavy atom. The Hall–Kier alpha value is -1.72. The van der Waals surface area contributed by atoms with E-state index in [1.165, 1.54) is 0 Å². The number of hydrogen-bond acceptors (Lipinski definition) is 3. The zero-order valence-corrected chi connectivity index (χ0v) is 17.8. The van der Waals surface area contributed by atoms with Gasteiger partial charge in [0, 0.05) is 5.56 Å². The van der Waals surface area contributed by atoms with Crippen LogP contribution in [0.3, 0.4) is 0 Å². The Balaban J connectivity index is 2.15. The molecule has 139 valence electrons. The molecule has 4 nitrogen and oxygen atoms in total. The number of fused-ring (bicyclic) bond motifs is 1. The molecule has 2 unspecified atom stereocenters. The summed E-state index contributed by atoms with van der Waals surface area (Å²) in [6.45, 7) is 15.0. The Bertz CT molecular complexity index is 817. The molecule has 0 bridgehead atoms. The second-order valence-electron chi connectivity index (χ2n) is 9.04. The lowest BCUT2D eigenvalue weighted by Gasteiger charge is -2.36. The molecule has 1 aromatic heterocycles. The van der Waals surface area contributed by atoms with Crippen molar-refractivity contribution >= 4 is 14.8 Å². The average molecular weight is 370 g/mol. The number of benzene rings is 1. The highest BCUT2D eigenvalue weighted by atomic mass is 28.3. The van der Waals surface area contributed by atoms with Gasteiger partial charge in [-0.15, -0.1) is 0 Å². The quantitative estimate of drug-likeness (QED) is 0.708. The molecule has 0 saturated carbocycles. The minimum atomic E-state index is -0.888. The summed E-state index contributed by atoms with van der Waals surface area (Å²) in [5, 5.41) is 0. The summed E-state index contributed by atoms with van der Waals surface area (Å²) >= 11 is 0. The largest absolute Gasteiger partial charge is 0.408 e. The van der Waals surface area contributed by atoms with Crippen LogP contribution in [0.15, 0.2) is 36.8 Å². The van der Waals surface area contributed by atoms with Gasteiger partial charge < -0.3 is 8.99 Å². The minimum Gasteiger partial charge on any atom is -0.408 e.